The van der Waals surface area contributed by atoms with Gasteiger partial charge >= 0.3 is 5.97 Å². The smallest absolute Gasteiger partial charge is 0.325 e. The Labute approximate surface area is 109 Å². The Bertz CT molecular complexity index is 397. The van der Waals surface area contributed by atoms with Crippen molar-refractivity contribution in [3.8, 4) is 0 Å². The topological polar surface area (TPSA) is 55.4 Å². The predicted octanol–water partition coefficient (Wildman–Crippen LogP) is 1.83. The van der Waals surface area contributed by atoms with Crippen LogP contribution >= 0.6 is 15.9 Å². The lowest BCUT2D eigenvalue weighted by Gasteiger charge is -2.06. The molecule has 5 heteroatoms. The van der Waals surface area contributed by atoms with Crippen LogP contribution in [0.2, 0.25) is 0 Å². The molecule has 0 saturated carbocycles. The fourth-order valence-corrected chi connectivity index (χ4v) is 1.59. The molecule has 1 aliphatic carbocycles. The van der Waals surface area contributed by atoms with Gasteiger partial charge in [-0.25, -0.2) is 0 Å². The van der Waals surface area contributed by atoms with Crippen LogP contribution in [0, 0.1) is 0 Å². The second-order valence-corrected chi connectivity index (χ2v) is 4.45. The van der Waals surface area contributed by atoms with Gasteiger partial charge in [0.25, 0.3) is 5.91 Å². The van der Waals surface area contributed by atoms with E-state index in [9.17, 15) is 9.59 Å². The van der Waals surface area contributed by atoms with Crippen molar-refractivity contribution in [3.63, 3.8) is 0 Å². The van der Waals surface area contributed by atoms with Crippen LogP contribution in [0.1, 0.15) is 12.8 Å². The third kappa shape index (κ3) is 4.99. The summed E-state index contributed by atoms with van der Waals surface area (Å²) in [5.74, 6) is -0.754. The van der Waals surface area contributed by atoms with Crippen molar-refractivity contribution >= 4 is 27.8 Å². The molecule has 0 aromatic heterocycles. The van der Waals surface area contributed by atoms with Crippen LogP contribution < -0.4 is 5.32 Å². The zero-order valence-corrected chi connectivity index (χ0v) is 11.1. The average Bonchev–Trinajstić information content (AvgIpc) is 2.31. The summed E-state index contributed by atoms with van der Waals surface area (Å²) in [6, 6.07) is 0. The first-order valence-corrected chi connectivity index (χ1v) is 6.00. The number of allylic oxidation sites excluding steroid dienone is 4. The van der Waals surface area contributed by atoms with E-state index >= 15 is 0 Å². The lowest BCUT2D eigenvalue weighted by Crippen LogP contribution is -2.30. The van der Waals surface area contributed by atoms with Gasteiger partial charge in [-0.2, -0.15) is 0 Å². The molecule has 1 rings (SSSR count). The van der Waals surface area contributed by atoms with Crippen molar-refractivity contribution in [2.75, 3.05) is 13.7 Å². The van der Waals surface area contributed by atoms with E-state index in [2.05, 4.69) is 26.0 Å². The predicted molar refractivity (Wildman–Crippen MR) is 68.5 cm³/mol. The molecule has 0 saturated heterocycles. The van der Waals surface area contributed by atoms with Gasteiger partial charge in [0.15, 0.2) is 0 Å². The van der Waals surface area contributed by atoms with E-state index < -0.39 is 5.97 Å². The van der Waals surface area contributed by atoms with Crippen molar-refractivity contribution < 1.29 is 14.3 Å². The number of hydrogen-bond acceptors (Lipinski definition) is 3. The monoisotopic (exact) mass is 299 g/mol. The zero-order valence-electron chi connectivity index (χ0n) is 9.53. The van der Waals surface area contributed by atoms with E-state index in [1.54, 1.807) is 12.2 Å². The minimum Gasteiger partial charge on any atom is -0.468 e. The normalized spacial score (nSPS) is 23.2. The minimum atomic E-state index is -0.467. The molecule has 0 aliphatic heterocycles. The lowest BCUT2D eigenvalue weighted by molar-refractivity contribution is -0.140. The maximum atomic E-state index is 11.7. The molecule has 1 N–H and O–H groups in total. The van der Waals surface area contributed by atoms with Gasteiger partial charge < -0.3 is 10.1 Å². The Morgan fingerprint density at radius 2 is 2.24 bits per heavy atom. The fourth-order valence-electron chi connectivity index (χ4n) is 1.23. The minimum absolute atomic E-state index is 0.120. The van der Waals surface area contributed by atoms with E-state index in [4.69, 9.17) is 0 Å². The zero-order chi connectivity index (χ0) is 12.7. The summed E-state index contributed by atoms with van der Waals surface area (Å²) in [6.07, 6.45) is 9.03. The summed E-state index contributed by atoms with van der Waals surface area (Å²) in [6.45, 7) is -0.120. The number of hydrogen-bond donors (Lipinski definition) is 1. The number of rotatable bonds is 3. The van der Waals surface area contributed by atoms with Gasteiger partial charge in [-0.15, -0.1) is 0 Å². The third-order valence-electron chi connectivity index (χ3n) is 2.17. The van der Waals surface area contributed by atoms with Gasteiger partial charge in [0.2, 0.25) is 0 Å². The highest BCUT2D eigenvalue weighted by Gasteiger charge is 2.08. The molecule has 17 heavy (non-hydrogen) atoms. The molecular weight excluding hydrogens is 286 g/mol. The van der Waals surface area contributed by atoms with Crippen LogP contribution in [-0.2, 0) is 14.3 Å². The van der Waals surface area contributed by atoms with E-state index in [0.29, 0.717) is 5.57 Å². The number of carbonyl (C=O) groups is 2. The summed E-state index contributed by atoms with van der Waals surface area (Å²) in [4.78, 5) is 22.6. The molecule has 0 aromatic rings. The highest BCUT2D eigenvalue weighted by atomic mass is 79.9. The molecule has 92 valence electrons. The second-order valence-electron chi connectivity index (χ2n) is 3.44. The first-order valence-electron chi connectivity index (χ1n) is 5.21. The lowest BCUT2D eigenvalue weighted by atomic mass is 10.1. The third-order valence-corrected chi connectivity index (χ3v) is 2.83. The molecule has 4 nitrogen and oxygen atoms in total. The Morgan fingerprint density at radius 3 is 2.94 bits per heavy atom. The Hall–Kier alpha value is -1.36. The van der Waals surface area contributed by atoms with Crippen LogP contribution in [0.15, 0.2) is 34.4 Å². The number of amides is 1. The van der Waals surface area contributed by atoms with Crippen LogP contribution in [0.5, 0.6) is 0 Å². The van der Waals surface area contributed by atoms with Gasteiger partial charge in [-0.05, 0) is 23.4 Å². The molecule has 0 aromatic carbocycles. The van der Waals surface area contributed by atoms with Gasteiger partial charge in [0.05, 0.1) is 7.11 Å². The van der Waals surface area contributed by atoms with Crippen molar-refractivity contribution in [2.45, 2.75) is 12.8 Å². The quantitative estimate of drug-likeness (QED) is 0.809. The summed E-state index contributed by atoms with van der Waals surface area (Å²) >= 11 is 3.40. The number of nitrogens with one attached hydrogen (secondary N) is 1. The molecule has 0 radical (unpaired) electrons. The van der Waals surface area contributed by atoms with E-state index in [1.807, 2.05) is 12.2 Å². The molecule has 0 fully saturated rings. The first kappa shape index (κ1) is 13.7. The van der Waals surface area contributed by atoms with Crippen molar-refractivity contribution in [3.05, 3.63) is 34.4 Å². The Morgan fingerprint density at radius 1 is 1.47 bits per heavy atom. The Balaban J connectivity index is 2.63. The van der Waals surface area contributed by atoms with Crippen LogP contribution in [0.4, 0.5) is 0 Å². The van der Waals surface area contributed by atoms with E-state index in [0.717, 1.165) is 17.3 Å². The van der Waals surface area contributed by atoms with Gasteiger partial charge in [-0.1, -0.05) is 34.2 Å². The molecular formula is C12H14BrNO3. The number of methoxy groups -OCH3 is 1. The Kier molecular flexibility index (Phi) is 5.69. The van der Waals surface area contributed by atoms with Crippen LogP contribution in [0.3, 0.4) is 0 Å². The molecule has 0 spiro atoms. The van der Waals surface area contributed by atoms with Crippen molar-refractivity contribution in [1.82, 2.24) is 5.32 Å². The molecule has 1 aliphatic rings. The maximum Gasteiger partial charge on any atom is 0.325 e. The fraction of sp³-hybridized carbons (Fsp3) is 0.333. The molecule has 0 atom stereocenters. The number of ether oxygens (including phenoxy) is 1. The van der Waals surface area contributed by atoms with Gasteiger partial charge in [0, 0.05) is 5.57 Å². The highest BCUT2D eigenvalue weighted by molar-refractivity contribution is 9.11. The van der Waals surface area contributed by atoms with Crippen LogP contribution in [-0.4, -0.2) is 25.5 Å². The number of halogens is 1. The first-order chi connectivity index (χ1) is 8.13. The molecule has 0 heterocycles. The summed E-state index contributed by atoms with van der Waals surface area (Å²) < 4.78 is 5.48. The van der Waals surface area contributed by atoms with Gasteiger partial charge in [-0.3, -0.25) is 9.59 Å². The van der Waals surface area contributed by atoms with Crippen molar-refractivity contribution in [1.29, 1.82) is 0 Å². The molecule has 1 amide bonds. The highest BCUT2D eigenvalue weighted by Crippen LogP contribution is 2.16. The summed E-state index contributed by atoms with van der Waals surface area (Å²) in [7, 11) is 1.28. The standard InChI is InChI=1S/C12H14BrNO3/c1-17-11(15)8-14-12(16)9-4-2-3-5-10(13)7-6-9/h2,4,6-7H,3,5,8H2,1H3,(H,14,16)/b4-2-,9-6+,10-7+. The van der Waals surface area contributed by atoms with Crippen molar-refractivity contribution in [2.24, 2.45) is 0 Å². The summed E-state index contributed by atoms with van der Waals surface area (Å²) in [5.41, 5.74) is 0.519. The SMILES string of the molecule is COC(=O)CNC(=O)C1=C/C=C(/Br)CC/C=C\1. The van der Waals surface area contributed by atoms with Gasteiger partial charge in [0.1, 0.15) is 6.54 Å². The largest absolute Gasteiger partial charge is 0.468 e. The average molecular weight is 300 g/mol. The summed E-state index contributed by atoms with van der Waals surface area (Å²) in [5, 5.41) is 2.49. The van der Waals surface area contributed by atoms with E-state index in [1.165, 1.54) is 7.11 Å². The maximum absolute atomic E-state index is 11.7. The second kappa shape index (κ2) is 7.06. The van der Waals surface area contributed by atoms with Crippen LogP contribution in [0.25, 0.3) is 0 Å². The molecule has 0 unspecified atom stereocenters. The number of esters is 1. The number of carbonyl (C=O) groups excluding carboxylic acids is 2. The van der Waals surface area contributed by atoms with E-state index in [-0.39, 0.29) is 12.5 Å². The molecule has 0 bridgehead atoms.